The summed E-state index contributed by atoms with van der Waals surface area (Å²) in [5.74, 6) is 0.317. The maximum atomic E-state index is 11.0. The Morgan fingerprint density at radius 1 is 1.50 bits per heavy atom. The first-order chi connectivity index (χ1) is 9.38. The fourth-order valence-corrected chi connectivity index (χ4v) is 3.08. The third-order valence-electron chi connectivity index (χ3n) is 2.40. The molecule has 106 valence electrons. The van der Waals surface area contributed by atoms with Gasteiger partial charge in [-0.05, 0) is 25.1 Å². The van der Waals surface area contributed by atoms with Crippen molar-refractivity contribution in [1.29, 1.82) is 0 Å². The minimum absolute atomic E-state index is 0.0927. The molecule has 1 N–H and O–H groups in total. The fraction of sp³-hybridized carbons (Fsp3) is 0.167. The average Bonchev–Trinajstić information content (AvgIpc) is 2.77. The van der Waals surface area contributed by atoms with Crippen LogP contribution in [0.25, 0.3) is 0 Å². The zero-order valence-electron chi connectivity index (χ0n) is 10.2. The number of nitrogens with zero attached hydrogens (tertiary/aromatic N) is 1. The number of aliphatic hydroxyl groups is 1. The van der Waals surface area contributed by atoms with Crippen molar-refractivity contribution in [1.82, 2.24) is 0 Å². The van der Waals surface area contributed by atoms with Gasteiger partial charge in [-0.3, -0.25) is 10.1 Å². The number of thiophene rings is 1. The Labute approximate surface area is 132 Å². The number of nitro groups is 1. The predicted octanol–water partition coefficient (Wildman–Crippen LogP) is 4.92. The van der Waals surface area contributed by atoms with Gasteiger partial charge in [-0.2, -0.15) is 0 Å². The van der Waals surface area contributed by atoms with Crippen LogP contribution >= 0.6 is 38.9 Å². The highest BCUT2D eigenvalue weighted by Gasteiger charge is 2.23. The van der Waals surface area contributed by atoms with E-state index < -0.39 is 11.0 Å². The standard InChI is InChI=1S/C12H9BrClNO4S/c1-6(16)11-5-9(15(17)18)12(20-11)19-10-3-2-7(13)4-8(10)14/h2-6,16H,1H3/t6-/m1/s1. The van der Waals surface area contributed by atoms with Crippen LogP contribution in [-0.4, -0.2) is 10.0 Å². The van der Waals surface area contributed by atoms with Crippen molar-refractivity contribution in [2.24, 2.45) is 0 Å². The topological polar surface area (TPSA) is 72.6 Å². The summed E-state index contributed by atoms with van der Waals surface area (Å²) in [4.78, 5) is 10.9. The molecule has 0 spiro atoms. The van der Waals surface area contributed by atoms with E-state index in [1.807, 2.05) is 0 Å². The highest BCUT2D eigenvalue weighted by atomic mass is 79.9. The molecule has 0 saturated heterocycles. The summed E-state index contributed by atoms with van der Waals surface area (Å²) in [5.41, 5.74) is -0.190. The zero-order valence-corrected chi connectivity index (χ0v) is 13.3. The number of rotatable bonds is 4. The van der Waals surface area contributed by atoms with E-state index in [2.05, 4.69) is 15.9 Å². The van der Waals surface area contributed by atoms with Gasteiger partial charge in [0.25, 0.3) is 5.06 Å². The molecule has 0 unspecified atom stereocenters. The van der Waals surface area contributed by atoms with Gasteiger partial charge in [0.15, 0.2) is 0 Å². The van der Waals surface area contributed by atoms with Crippen molar-refractivity contribution < 1.29 is 14.8 Å². The molecule has 0 bridgehead atoms. The average molecular weight is 379 g/mol. The van der Waals surface area contributed by atoms with E-state index >= 15 is 0 Å². The van der Waals surface area contributed by atoms with Crippen LogP contribution in [0.5, 0.6) is 10.8 Å². The summed E-state index contributed by atoms with van der Waals surface area (Å²) < 4.78 is 6.28. The summed E-state index contributed by atoms with van der Waals surface area (Å²) in [6.07, 6.45) is -0.795. The number of hydrogen-bond acceptors (Lipinski definition) is 5. The van der Waals surface area contributed by atoms with Crippen molar-refractivity contribution in [3.8, 4) is 10.8 Å². The van der Waals surface area contributed by atoms with E-state index in [0.717, 1.165) is 15.8 Å². The number of halogens is 2. The van der Waals surface area contributed by atoms with Gasteiger partial charge in [-0.15, -0.1) is 0 Å². The Kier molecular flexibility index (Phi) is 4.64. The first-order valence-electron chi connectivity index (χ1n) is 5.47. The van der Waals surface area contributed by atoms with Crippen LogP contribution in [0.15, 0.2) is 28.7 Å². The third kappa shape index (κ3) is 3.29. The Hall–Kier alpha value is -1.15. The molecule has 0 radical (unpaired) electrons. The lowest BCUT2D eigenvalue weighted by molar-refractivity contribution is -0.385. The van der Waals surface area contributed by atoms with Gasteiger partial charge < -0.3 is 9.84 Å². The van der Waals surface area contributed by atoms with E-state index in [4.69, 9.17) is 16.3 Å². The largest absolute Gasteiger partial charge is 0.438 e. The summed E-state index contributed by atoms with van der Waals surface area (Å²) in [5, 5.41) is 20.9. The molecule has 8 heteroatoms. The maximum absolute atomic E-state index is 11.0. The van der Waals surface area contributed by atoms with Gasteiger partial charge in [0.1, 0.15) is 5.75 Å². The van der Waals surface area contributed by atoms with Gasteiger partial charge in [0, 0.05) is 15.4 Å². The molecular weight excluding hydrogens is 370 g/mol. The molecule has 5 nitrogen and oxygen atoms in total. The zero-order chi connectivity index (χ0) is 14.9. The van der Waals surface area contributed by atoms with E-state index in [0.29, 0.717) is 15.6 Å². The van der Waals surface area contributed by atoms with Crippen molar-refractivity contribution in [3.63, 3.8) is 0 Å². The van der Waals surface area contributed by atoms with Crippen LogP contribution in [-0.2, 0) is 0 Å². The first-order valence-corrected chi connectivity index (χ1v) is 7.46. The molecule has 1 aromatic carbocycles. The van der Waals surface area contributed by atoms with Crippen molar-refractivity contribution in [2.45, 2.75) is 13.0 Å². The summed E-state index contributed by atoms with van der Waals surface area (Å²) >= 11 is 10.3. The number of benzene rings is 1. The van der Waals surface area contributed by atoms with E-state index in [9.17, 15) is 15.2 Å². The second-order valence-electron chi connectivity index (χ2n) is 3.93. The van der Waals surface area contributed by atoms with Gasteiger partial charge in [-0.25, -0.2) is 0 Å². The van der Waals surface area contributed by atoms with Gasteiger partial charge >= 0.3 is 5.69 Å². The van der Waals surface area contributed by atoms with E-state index in [1.54, 1.807) is 18.2 Å². The molecule has 1 atom stereocenters. The van der Waals surface area contributed by atoms with Crippen LogP contribution in [0.4, 0.5) is 5.69 Å². The Morgan fingerprint density at radius 2 is 2.20 bits per heavy atom. The lowest BCUT2D eigenvalue weighted by atomic mass is 10.3. The maximum Gasteiger partial charge on any atom is 0.323 e. The fourth-order valence-electron chi connectivity index (χ4n) is 1.45. The number of aliphatic hydroxyl groups excluding tert-OH is 1. The number of ether oxygens (including phenoxy) is 1. The lowest BCUT2D eigenvalue weighted by Gasteiger charge is -2.05. The molecule has 0 aliphatic carbocycles. The third-order valence-corrected chi connectivity index (χ3v) is 4.36. The van der Waals surface area contributed by atoms with E-state index in [-0.39, 0.29) is 10.8 Å². The summed E-state index contributed by atoms with van der Waals surface area (Å²) in [6, 6.07) is 6.26. The second kappa shape index (κ2) is 6.09. The lowest BCUT2D eigenvalue weighted by Crippen LogP contribution is -1.90. The molecule has 1 heterocycles. The SMILES string of the molecule is C[C@@H](O)c1cc([N+](=O)[O-])c(Oc2ccc(Br)cc2Cl)s1. The highest BCUT2D eigenvalue weighted by Crippen LogP contribution is 2.43. The van der Waals surface area contributed by atoms with E-state index in [1.165, 1.54) is 13.0 Å². The van der Waals surface area contributed by atoms with Crippen LogP contribution in [0.1, 0.15) is 17.9 Å². The van der Waals surface area contributed by atoms with Crippen molar-refractivity contribution in [3.05, 3.63) is 48.8 Å². The quantitative estimate of drug-likeness (QED) is 0.605. The minimum Gasteiger partial charge on any atom is -0.438 e. The molecule has 20 heavy (non-hydrogen) atoms. The van der Waals surface area contributed by atoms with Gasteiger partial charge in [-0.1, -0.05) is 38.9 Å². The molecule has 2 aromatic rings. The number of hydrogen-bond donors (Lipinski definition) is 1. The van der Waals surface area contributed by atoms with Crippen molar-refractivity contribution in [2.75, 3.05) is 0 Å². The smallest absolute Gasteiger partial charge is 0.323 e. The minimum atomic E-state index is -0.795. The molecule has 1 aromatic heterocycles. The molecule has 2 rings (SSSR count). The van der Waals surface area contributed by atoms with Gasteiger partial charge in [0.05, 0.1) is 16.0 Å². The second-order valence-corrected chi connectivity index (χ2v) is 6.30. The van der Waals surface area contributed by atoms with Crippen LogP contribution < -0.4 is 4.74 Å². The molecule has 0 fully saturated rings. The monoisotopic (exact) mass is 377 g/mol. The van der Waals surface area contributed by atoms with Crippen LogP contribution in [0.2, 0.25) is 5.02 Å². The molecule has 0 saturated carbocycles. The Bertz CT molecular complexity index is 659. The Balaban J connectivity index is 2.39. The van der Waals surface area contributed by atoms with Crippen LogP contribution in [0, 0.1) is 10.1 Å². The first kappa shape index (κ1) is 15.2. The summed E-state index contributed by atoms with van der Waals surface area (Å²) in [7, 11) is 0. The van der Waals surface area contributed by atoms with Crippen molar-refractivity contribution >= 4 is 44.6 Å². The van der Waals surface area contributed by atoms with Crippen LogP contribution in [0.3, 0.4) is 0 Å². The van der Waals surface area contributed by atoms with Gasteiger partial charge in [0.2, 0.25) is 0 Å². The molecule has 0 aliphatic rings. The normalized spacial score (nSPS) is 12.2. The predicted molar refractivity (Wildman–Crippen MR) is 80.8 cm³/mol. The molecular formula is C12H9BrClNO4S. The molecule has 0 aliphatic heterocycles. The molecule has 0 amide bonds. The highest BCUT2D eigenvalue weighted by molar-refractivity contribution is 9.10. The Morgan fingerprint density at radius 3 is 2.75 bits per heavy atom. The summed E-state index contributed by atoms with van der Waals surface area (Å²) in [6.45, 7) is 1.53.